The maximum absolute atomic E-state index is 12.2. The SMILES string of the molecule is COc1ccc2nc(-n3nc(C)cc3NC(=O)c3ccco3)sc2c1. The molecule has 7 nitrogen and oxygen atoms in total. The number of carbonyl (C=O) groups excluding carboxylic acids is 1. The number of hydrogen-bond donors (Lipinski definition) is 1. The van der Waals surface area contributed by atoms with Gasteiger partial charge in [0.1, 0.15) is 11.6 Å². The maximum Gasteiger partial charge on any atom is 0.292 e. The summed E-state index contributed by atoms with van der Waals surface area (Å²) in [6.45, 7) is 1.86. The molecule has 4 aromatic rings. The number of aryl methyl sites for hydroxylation is 1. The molecule has 0 aliphatic rings. The zero-order valence-corrected chi connectivity index (χ0v) is 14.3. The number of thiazole rings is 1. The summed E-state index contributed by atoms with van der Waals surface area (Å²) in [5.41, 5.74) is 1.61. The second-order valence-electron chi connectivity index (χ2n) is 5.34. The van der Waals surface area contributed by atoms with E-state index < -0.39 is 0 Å². The maximum atomic E-state index is 12.2. The smallest absolute Gasteiger partial charge is 0.292 e. The predicted molar refractivity (Wildman–Crippen MR) is 94.7 cm³/mol. The minimum Gasteiger partial charge on any atom is -0.497 e. The lowest BCUT2D eigenvalue weighted by Crippen LogP contribution is -2.14. The Balaban J connectivity index is 1.72. The van der Waals surface area contributed by atoms with E-state index in [0.29, 0.717) is 10.9 Å². The fourth-order valence-corrected chi connectivity index (χ4v) is 3.39. The van der Waals surface area contributed by atoms with Crippen LogP contribution in [-0.2, 0) is 0 Å². The first kappa shape index (κ1) is 15.4. The molecule has 1 amide bonds. The molecule has 0 spiro atoms. The summed E-state index contributed by atoms with van der Waals surface area (Å²) in [6, 6.07) is 10.7. The zero-order valence-electron chi connectivity index (χ0n) is 13.5. The van der Waals surface area contributed by atoms with E-state index in [1.54, 1.807) is 30.0 Å². The van der Waals surface area contributed by atoms with Crippen LogP contribution in [0.5, 0.6) is 5.75 Å². The standard InChI is InChI=1S/C17H14N4O3S/c1-10-8-15(19-16(22)13-4-3-7-24-13)21(20-10)17-18-12-6-5-11(23-2)9-14(12)25-17/h3-9H,1-2H3,(H,19,22). The molecule has 0 unspecified atom stereocenters. The lowest BCUT2D eigenvalue weighted by molar-refractivity contribution is 0.0996. The third-order valence-electron chi connectivity index (χ3n) is 3.58. The highest BCUT2D eigenvalue weighted by atomic mass is 32.1. The van der Waals surface area contributed by atoms with Crippen molar-refractivity contribution in [2.45, 2.75) is 6.92 Å². The lowest BCUT2D eigenvalue weighted by Gasteiger charge is -2.04. The van der Waals surface area contributed by atoms with Gasteiger partial charge in [-0.15, -0.1) is 0 Å². The molecule has 0 radical (unpaired) electrons. The minimum atomic E-state index is -0.339. The van der Waals surface area contributed by atoms with Crippen molar-refractivity contribution < 1.29 is 13.9 Å². The summed E-state index contributed by atoms with van der Waals surface area (Å²) in [5, 5.41) is 7.91. The van der Waals surface area contributed by atoms with Crippen LogP contribution in [0.1, 0.15) is 16.2 Å². The van der Waals surface area contributed by atoms with Crippen LogP contribution in [0.3, 0.4) is 0 Å². The van der Waals surface area contributed by atoms with Crippen LogP contribution in [0.25, 0.3) is 15.3 Å². The van der Waals surface area contributed by atoms with Crippen LogP contribution >= 0.6 is 11.3 Å². The Morgan fingerprint density at radius 1 is 1.32 bits per heavy atom. The number of ether oxygens (including phenoxy) is 1. The van der Waals surface area contributed by atoms with Crippen LogP contribution in [0, 0.1) is 6.92 Å². The number of rotatable bonds is 4. The number of nitrogens with one attached hydrogen (secondary N) is 1. The summed E-state index contributed by atoms with van der Waals surface area (Å²) in [5.74, 6) is 1.20. The van der Waals surface area contributed by atoms with Crippen molar-refractivity contribution in [1.82, 2.24) is 14.8 Å². The average Bonchev–Trinajstić information content (AvgIpc) is 3.33. The van der Waals surface area contributed by atoms with Gasteiger partial charge in [-0.05, 0) is 37.3 Å². The molecule has 0 fully saturated rings. The highest BCUT2D eigenvalue weighted by Gasteiger charge is 2.16. The molecule has 3 aromatic heterocycles. The molecule has 0 saturated carbocycles. The molecule has 3 heterocycles. The summed E-state index contributed by atoms with van der Waals surface area (Å²) in [4.78, 5) is 16.8. The molecule has 0 bridgehead atoms. The van der Waals surface area contributed by atoms with E-state index in [4.69, 9.17) is 9.15 Å². The van der Waals surface area contributed by atoms with Gasteiger partial charge in [-0.25, -0.2) is 4.98 Å². The van der Waals surface area contributed by atoms with Gasteiger partial charge in [0.05, 0.1) is 29.3 Å². The molecular weight excluding hydrogens is 340 g/mol. The average molecular weight is 354 g/mol. The van der Waals surface area contributed by atoms with Gasteiger partial charge in [0.25, 0.3) is 5.91 Å². The van der Waals surface area contributed by atoms with E-state index in [0.717, 1.165) is 21.7 Å². The second kappa shape index (κ2) is 6.06. The van der Waals surface area contributed by atoms with Gasteiger partial charge in [0.2, 0.25) is 5.13 Å². The number of furan rings is 1. The highest BCUT2D eigenvalue weighted by Crippen LogP contribution is 2.30. The number of anilines is 1. The van der Waals surface area contributed by atoms with Crippen molar-refractivity contribution in [3.63, 3.8) is 0 Å². The van der Waals surface area contributed by atoms with E-state index in [-0.39, 0.29) is 11.7 Å². The summed E-state index contributed by atoms with van der Waals surface area (Å²) in [7, 11) is 1.63. The van der Waals surface area contributed by atoms with Crippen LogP contribution < -0.4 is 10.1 Å². The first-order valence-corrected chi connectivity index (χ1v) is 8.32. The van der Waals surface area contributed by atoms with Gasteiger partial charge in [-0.2, -0.15) is 9.78 Å². The van der Waals surface area contributed by atoms with Crippen LogP contribution in [0.4, 0.5) is 5.82 Å². The number of carbonyl (C=O) groups is 1. The number of hydrogen-bond acceptors (Lipinski definition) is 6. The van der Waals surface area contributed by atoms with E-state index in [2.05, 4.69) is 15.4 Å². The molecule has 0 saturated heterocycles. The lowest BCUT2D eigenvalue weighted by atomic mass is 10.3. The zero-order chi connectivity index (χ0) is 17.4. The monoisotopic (exact) mass is 354 g/mol. The molecule has 1 aromatic carbocycles. The molecule has 126 valence electrons. The predicted octanol–water partition coefficient (Wildman–Crippen LogP) is 3.64. The Kier molecular flexibility index (Phi) is 3.73. The molecule has 0 aliphatic carbocycles. The molecule has 4 rings (SSSR count). The number of amides is 1. The van der Waals surface area contributed by atoms with Crippen LogP contribution in [0.15, 0.2) is 47.1 Å². The Morgan fingerprint density at radius 2 is 2.20 bits per heavy atom. The van der Waals surface area contributed by atoms with Crippen molar-refractivity contribution in [3.8, 4) is 10.9 Å². The fraction of sp³-hybridized carbons (Fsp3) is 0.118. The Hall–Kier alpha value is -3.13. The van der Waals surface area contributed by atoms with Gasteiger partial charge >= 0.3 is 0 Å². The molecule has 25 heavy (non-hydrogen) atoms. The third-order valence-corrected chi connectivity index (χ3v) is 4.58. The van der Waals surface area contributed by atoms with Crippen LogP contribution in [-0.4, -0.2) is 27.8 Å². The molecular formula is C17H14N4O3S. The van der Waals surface area contributed by atoms with Crippen molar-refractivity contribution in [2.75, 3.05) is 12.4 Å². The fourth-order valence-electron chi connectivity index (χ4n) is 2.43. The normalized spacial score (nSPS) is 11.0. The molecule has 0 aliphatic heterocycles. The summed E-state index contributed by atoms with van der Waals surface area (Å²) < 4.78 is 13.0. The van der Waals surface area contributed by atoms with Gasteiger partial charge in [0.15, 0.2) is 5.76 Å². The third kappa shape index (κ3) is 2.87. The number of methoxy groups -OCH3 is 1. The Labute approximate surface area is 146 Å². The number of benzene rings is 1. The van der Waals surface area contributed by atoms with E-state index in [1.165, 1.54) is 17.6 Å². The van der Waals surface area contributed by atoms with Crippen molar-refractivity contribution in [2.24, 2.45) is 0 Å². The van der Waals surface area contributed by atoms with Gasteiger partial charge in [0, 0.05) is 6.07 Å². The van der Waals surface area contributed by atoms with Gasteiger partial charge in [-0.3, -0.25) is 4.79 Å². The van der Waals surface area contributed by atoms with E-state index in [9.17, 15) is 4.79 Å². The van der Waals surface area contributed by atoms with Crippen LogP contribution in [0.2, 0.25) is 0 Å². The second-order valence-corrected chi connectivity index (χ2v) is 6.35. The molecule has 8 heteroatoms. The molecule has 1 N–H and O–H groups in total. The van der Waals surface area contributed by atoms with E-state index >= 15 is 0 Å². The largest absolute Gasteiger partial charge is 0.497 e. The number of nitrogens with zero attached hydrogens (tertiary/aromatic N) is 3. The topological polar surface area (TPSA) is 82.2 Å². The molecule has 0 atom stereocenters. The van der Waals surface area contributed by atoms with E-state index in [1.807, 2.05) is 25.1 Å². The minimum absolute atomic E-state index is 0.236. The van der Waals surface area contributed by atoms with Crippen molar-refractivity contribution >= 4 is 33.3 Å². The summed E-state index contributed by atoms with van der Waals surface area (Å²) >= 11 is 1.47. The van der Waals surface area contributed by atoms with Gasteiger partial charge in [-0.1, -0.05) is 11.3 Å². The van der Waals surface area contributed by atoms with Crippen molar-refractivity contribution in [1.29, 1.82) is 0 Å². The quantitative estimate of drug-likeness (QED) is 0.605. The summed E-state index contributed by atoms with van der Waals surface area (Å²) in [6.07, 6.45) is 1.46. The Morgan fingerprint density at radius 3 is 2.96 bits per heavy atom. The highest BCUT2D eigenvalue weighted by molar-refractivity contribution is 7.20. The van der Waals surface area contributed by atoms with Crippen molar-refractivity contribution in [3.05, 3.63) is 54.1 Å². The first-order chi connectivity index (χ1) is 12.1. The number of aromatic nitrogens is 3. The van der Waals surface area contributed by atoms with Gasteiger partial charge < -0.3 is 14.5 Å². The Bertz CT molecular complexity index is 1050. The first-order valence-electron chi connectivity index (χ1n) is 7.50. The number of fused-ring (bicyclic) bond motifs is 1.